The largest absolute Gasteiger partial charge is 0.495 e. The van der Waals surface area contributed by atoms with Gasteiger partial charge in [-0.1, -0.05) is 34.1 Å². The second-order valence-corrected chi connectivity index (χ2v) is 5.72. The Kier molecular flexibility index (Phi) is 5.38. The Bertz CT molecular complexity index is 664. The molecule has 0 radical (unpaired) electrons. The number of rotatable bonds is 5. The number of hydrogen-bond donors (Lipinski definition) is 1. The fourth-order valence-electron chi connectivity index (χ4n) is 2.10. The van der Waals surface area contributed by atoms with E-state index < -0.39 is 0 Å². The third-order valence-corrected chi connectivity index (χ3v) is 3.84. The lowest BCUT2D eigenvalue weighted by atomic mass is 10.1. The van der Waals surface area contributed by atoms with Crippen molar-refractivity contribution in [2.75, 3.05) is 7.11 Å². The van der Waals surface area contributed by atoms with E-state index in [2.05, 4.69) is 46.4 Å². The first kappa shape index (κ1) is 15.6. The van der Waals surface area contributed by atoms with Crippen LogP contribution >= 0.6 is 15.9 Å². The maximum atomic E-state index is 8.98. The van der Waals surface area contributed by atoms with Crippen molar-refractivity contribution in [1.82, 2.24) is 5.32 Å². The molecule has 0 aromatic heterocycles. The maximum absolute atomic E-state index is 8.98. The first-order valence-corrected chi connectivity index (χ1v) is 7.49. The molecule has 1 N–H and O–H groups in total. The van der Waals surface area contributed by atoms with E-state index in [4.69, 9.17) is 10.00 Å². The number of ether oxygens (including phenoxy) is 1. The lowest BCUT2D eigenvalue weighted by Crippen LogP contribution is -2.18. The Morgan fingerprint density at radius 3 is 2.76 bits per heavy atom. The highest BCUT2D eigenvalue weighted by Gasteiger charge is 2.07. The van der Waals surface area contributed by atoms with Crippen LogP contribution in [0, 0.1) is 11.3 Å². The van der Waals surface area contributed by atoms with Crippen LogP contribution in [0.15, 0.2) is 46.9 Å². The average Bonchev–Trinajstić information content (AvgIpc) is 2.52. The van der Waals surface area contributed by atoms with Crippen LogP contribution in [0.2, 0.25) is 0 Å². The molecule has 0 saturated heterocycles. The van der Waals surface area contributed by atoms with Crippen molar-refractivity contribution >= 4 is 15.9 Å². The number of nitrogens with one attached hydrogen (secondary N) is 1. The standard InChI is InChI=1S/C17H17BrN2O/c1-12(14-4-3-5-16(18)9-14)20-11-13-6-7-15(10-19)17(8-13)21-2/h3-9,12,20H,11H2,1-2H3/t12-/m1/s1. The second kappa shape index (κ2) is 7.26. The molecule has 0 saturated carbocycles. The number of methoxy groups -OCH3 is 1. The molecule has 0 aliphatic carbocycles. The van der Waals surface area contributed by atoms with E-state index >= 15 is 0 Å². The van der Waals surface area contributed by atoms with Gasteiger partial charge in [-0.3, -0.25) is 0 Å². The molecule has 0 aliphatic heterocycles. The minimum absolute atomic E-state index is 0.240. The minimum atomic E-state index is 0.240. The highest BCUT2D eigenvalue weighted by molar-refractivity contribution is 9.10. The predicted octanol–water partition coefficient (Wildman–Crippen LogP) is 4.18. The van der Waals surface area contributed by atoms with E-state index in [0.717, 1.165) is 16.6 Å². The van der Waals surface area contributed by atoms with E-state index in [0.29, 0.717) is 11.3 Å². The number of nitriles is 1. The molecule has 0 heterocycles. The van der Waals surface area contributed by atoms with Gasteiger partial charge in [0, 0.05) is 17.1 Å². The molecule has 2 aromatic rings. The Morgan fingerprint density at radius 2 is 2.10 bits per heavy atom. The molecule has 0 unspecified atom stereocenters. The van der Waals surface area contributed by atoms with Crippen LogP contribution in [0.4, 0.5) is 0 Å². The molecular weight excluding hydrogens is 328 g/mol. The van der Waals surface area contributed by atoms with Gasteiger partial charge in [-0.15, -0.1) is 0 Å². The Hall–Kier alpha value is -1.83. The summed E-state index contributed by atoms with van der Waals surface area (Å²) in [5, 5.41) is 12.5. The minimum Gasteiger partial charge on any atom is -0.495 e. The number of nitrogens with zero attached hydrogens (tertiary/aromatic N) is 1. The second-order valence-electron chi connectivity index (χ2n) is 4.80. The van der Waals surface area contributed by atoms with E-state index in [1.165, 1.54) is 5.56 Å². The van der Waals surface area contributed by atoms with Gasteiger partial charge in [-0.25, -0.2) is 0 Å². The average molecular weight is 345 g/mol. The zero-order valence-corrected chi connectivity index (χ0v) is 13.6. The van der Waals surface area contributed by atoms with Crippen molar-refractivity contribution in [3.05, 3.63) is 63.6 Å². The third-order valence-electron chi connectivity index (χ3n) is 3.35. The lowest BCUT2D eigenvalue weighted by molar-refractivity contribution is 0.412. The first-order valence-electron chi connectivity index (χ1n) is 6.70. The molecule has 0 aliphatic rings. The normalized spacial score (nSPS) is 11.7. The summed E-state index contributed by atoms with van der Waals surface area (Å²) in [4.78, 5) is 0. The molecule has 2 aromatic carbocycles. The summed E-state index contributed by atoms with van der Waals surface area (Å²) in [7, 11) is 1.58. The highest BCUT2D eigenvalue weighted by atomic mass is 79.9. The van der Waals surface area contributed by atoms with Crippen molar-refractivity contribution in [2.45, 2.75) is 19.5 Å². The van der Waals surface area contributed by atoms with Crippen LogP contribution in [0.3, 0.4) is 0 Å². The SMILES string of the molecule is COc1cc(CN[C@H](C)c2cccc(Br)c2)ccc1C#N. The van der Waals surface area contributed by atoms with Crippen molar-refractivity contribution in [3.63, 3.8) is 0 Å². The van der Waals surface area contributed by atoms with E-state index in [9.17, 15) is 0 Å². The van der Waals surface area contributed by atoms with Crippen molar-refractivity contribution in [2.24, 2.45) is 0 Å². The van der Waals surface area contributed by atoms with Gasteiger partial charge in [0.15, 0.2) is 0 Å². The zero-order valence-electron chi connectivity index (χ0n) is 12.1. The Morgan fingerprint density at radius 1 is 1.29 bits per heavy atom. The molecule has 0 bridgehead atoms. The van der Waals surface area contributed by atoms with E-state index in [1.807, 2.05) is 24.3 Å². The van der Waals surface area contributed by atoms with Crippen LogP contribution in [-0.2, 0) is 6.54 Å². The number of benzene rings is 2. The fourth-order valence-corrected chi connectivity index (χ4v) is 2.52. The van der Waals surface area contributed by atoms with Gasteiger partial charge in [0.05, 0.1) is 12.7 Å². The van der Waals surface area contributed by atoms with Gasteiger partial charge < -0.3 is 10.1 Å². The quantitative estimate of drug-likeness (QED) is 0.884. The van der Waals surface area contributed by atoms with Gasteiger partial charge in [0.1, 0.15) is 11.8 Å². The smallest absolute Gasteiger partial charge is 0.136 e. The molecule has 0 amide bonds. The molecule has 0 spiro atoms. The van der Waals surface area contributed by atoms with Gasteiger partial charge in [-0.05, 0) is 42.3 Å². The van der Waals surface area contributed by atoms with Crippen LogP contribution in [-0.4, -0.2) is 7.11 Å². The zero-order chi connectivity index (χ0) is 15.2. The summed E-state index contributed by atoms with van der Waals surface area (Å²) in [6, 6.07) is 16.3. The maximum Gasteiger partial charge on any atom is 0.136 e. The lowest BCUT2D eigenvalue weighted by Gasteiger charge is -2.15. The molecule has 2 rings (SSSR count). The summed E-state index contributed by atoms with van der Waals surface area (Å²) in [5.41, 5.74) is 2.87. The molecule has 4 heteroatoms. The van der Waals surface area contributed by atoms with Crippen LogP contribution in [0.25, 0.3) is 0 Å². The van der Waals surface area contributed by atoms with Crippen molar-refractivity contribution in [1.29, 1.82) is 5.26 Å². The van der Waals surface area contributed by atoms with Gasteiger partial charge in [0.2, 0.25) is 0 Å². The molecule has 108 valence electrons. The Balaban J connectivity index is 2.04. The molecule has 21 heavy (non-hydrogen) atoms. The van der Waals surface area contributed by atoms with E-state index in [-0.39, 0.29) is 6.04 Å². The summed E-state index contributed by atoms with van der Waals surface area (Å²) >= 11 is 3.49. The summed E-state index contributed by atoms with van der Waals surface area (Å²) in [6.07, 6.45) is 0. The summed E-state index contributed by atoms with van der Waals surface area (Å²) < 4.78 is 6.31. The predicted molar refractivity (Wildman–Crippen MR) is 87.1 cm³/mol. The fraction of sp³-hybridized carbons (Fsp3) is 0.235. The topological polar surface area (TPSA) is 45.0 Å². The summed E-state index contributed by atoms with van der Waals surface area (Å²) in [6.45, 7) is 2.85. The Labute approximate surface area is 133 Å². The van der Waals surface area contributed by atoms with Crippen LogP contribution < -0.4 is 10.1 Å². The van der Waals surface area contributed by atoms with E-state index in [1.54, 1.807) is 13.2 Å². The van der Waals surface area contributed by atoms with Crippen molar-refractivity contribution in [3.8, 4) is 11.8 Å². The monoisotopic (exact) mass is 344 g/mol. The highest BCUT2D eigenvalue weighted by Crippen LogP contribution is 2.21. The molecular formula is C17H17BrN2O. The van der Waals surface area contributed by atoms with Crippen molar-refractivity contribution < 1.29 is 4.74 Å². The molecule has 1 atom stereocenters. The number of hydrogen-bond acceptors (Lipinski definition) is 3. The molecule has 0 fully saturated rings. The first-order chi connectivity index (χ1) is 10.1. The van der Waals surface area contributed by atoms with Gasteiger partial charge in [-0.2, -0.15) is 5.26 Å². The van der Waals surface area contributed by atoms with Gasteiger partial charge in [0.25, 0.3) is 0 Å². The summed E-state index contributed by atoms with van der Waals surface area (Å²) in [5.74, 6) is 0.618. The van der Waals surface area contributed by atoms with Crippen LogP contribution in [0.5, 0.6) is 5.75 Å². The third kappa shape index (κ3) is 4.07. The van der Waals surface area contributed by atoms with Crippen LogP contribution in [0.1, 0.15) is 29.7 Å². The van der Waals surface area contributed by atoms with Gasteiger partial charge >= 0.3 is 0 Å². The molecule has 3 nitrogen and oxygen atoms in total. The number of halogens is 1.